The number of likely N-dealkylation sites (tertiary alicyclic amines) is 1. The zero-order valence-corrected chi connectivity index (χ0v) is 15.0. The molecule has 28 heavy (non-hydrogen) atoms. The number of anilines is 1. The number of alkyl halides is 3. The Morgan fingerprint density at radius 2 is 1.64 bits per heavy atom. The van der Waals surface area contributed by atoms with E-state index in [4.69, 9.17) is 0 Å². The van der Waals surface area contributed by atoms with E-state index in [1.165, 1.54) is 24.3 Å². The molecule has 2 aromatic carbocycles. The van der Waals surface area contributed by atoms with Gasteiger partial charge in [-0.25, -0.2) is 4.39 Å². The first-order valence-corrected chi connectivity index (χ1v) is 8.92. The van der Waals surface area contributed by atoms with E-state index in [-0.39, 0.29) is 23.4 Å². The number of nitrogens with one attached hydrogen (secondary N) is 1. The van der Waals surface area contributed by atoms with Gasteiger partial charge in [0.2, 0.25) is 5.91 Å². The monoisotopic (exact) mass is 396 g/mol. The number of ether oxygens (including phenoxy) is 1. The maximum absolute atomic E-state index is 13.0. The van der Waals surface area contributed by atoms with Gasteiger partial charge in [-0.3, -0.25) is 9.69 Å². The molecule has 8 heteroatoms. The fraction of sp³-hybridized carbons (Fsp3) is 0.350. The second-order valence-corrected chi connectivity index (χ2v) is 6.74. The maximum atomic E-state index is 13.0. The van der Waals surface area contributed by atoms with Gasteiger partial charge < -0.3 is 10.1 Å². The SMILES string of the molecule is O=C(Nc1ccc(OC(F)(F)F)cc1)C1CCN(Cc2ccc(F)cc2)CC1. The molecular weight excluding hydrogens is 376 g/mol. The van der Waals surface area contributed by atoms with Crippen LogP contribution in [-0.2, 0) is 11.3 Å². The quantitative estimate of drug-likeness (QED) is 0.753. The lowest BCUT2D eigenvalue weighted by atomic mass is 9.95. The van der Waals surface area contributed by atoms with Gasteiger partial charge in [-0.05, 0) is 67.9 Å². The van der Waals surface area contributed by atoms with Crippen molar-refractivity contribution in [3.63, 3.8) is 0 Å². The van der Waals surface area contributed by atoms with Crippen LogP contribution in [-0.4, -0.2) is 30.3 Å². The van der Waals surface area contributed by atoms with Gasteiger partial charge >= 0.3 is 6.36 Å². The van der Waals surface area contributed by atoms with Crippen LogP contribution in [0.25, 0.3) is 0 Å². The summed E-state index contributed by atoms with van der Waals surface area (Å²) >= 11 is 0. The number of carbonyl (C=O) groups is 1. The third-order valence-electron chi connectivity index (χ3n) is 4.63. The second-order valence-electron chi connectivity index (χ2n) is 6.74. The van der Waals surface area contributed by atoms with Gasteiger partial charge in [-0.1, -0.05) is 12.1 Å². The Balaban J connectivity index is 1.46. The van der Waals surface area contributed by atoms with E-state index in [0.717, 1.165) is 30.8 Å². The first-order valence-electron chi connectivity index (χ1n) is 8.92. The molecule has 1 aliphatic heterocycles. The number of hydrogen-bond donors (Lipinski definition) is 1. The van der Waals surface area contributed by atoms with E-state index in [9.17, 15) is 22.4 Å². The molecule has 2 aromatic rings. The topological polar surface area (TPSA) is 41.6 Å². The summed E-state index contributed by atoms with van der Waals surface area (Å²) in [5.41, 5.74) is 1.44. The van der Waals surface area contributed by atoms with Crippen molar-refractivity contribution in [2.24, 2.45) is 5.92 Å². The number of benzene rings is 2. The number of halogens is 4. The van der Waals surface area contributed by atoms with Crippen molar-refractivity contribution in [3.05, 3.63) is 59.9 Å². The third-order valence-corrected chi connectivity index (χ3v) is 4.63. The van der Waals surface area contributed by atoms with Crippen LogP contribution in [0.15, 0.2) is 48.5 Å². The Hall–Kier alpha value is -2.61. The molecule has 0 aliphatic carbocycles. The molecule has 0 bridgehead atoms. The van der Waals surface area contributed by atoms with E-state index < -0.39 is 6.36 Å². The van der Waals surface area contributed by atoms with E-state index >= 15 is 0 Å². The lowest BCUT2D eigenvalue weighted by Crippen LogP contribution is -2.37. The molecular formula is C20H20F4N2O2. The predicted molar refractivity (Wildman–Crippen MR) is 96.2 cm³/mol. The van der Waals surface area contributed by atoms with Gasteiger partial charge in [0.15, 0.2) is 0 Å². The Morgan fingerprint density at radius 3 is 2.21 bits per heavy atom. The summed E-state index contributed by atoms with van der Waals surface area (Å²) in [5.74, 6) is -0.904. The summed E-state index contributed by atoms with van der Waals surface area (Å²) in [4.78, 5) is 14.6. The van der Waals surface area contributed by atoms with E-state index in [1.807, 2.05) is 0 Å². The summed E-state index contributed by atoms with van der Waals surface area (Å²) in [6, 6.07) is 11.4. The molecule has 150 valence electrons. The van der Waals surface area contributed by atoms with E-state index in [1.54, 1.807) is 12.1 Å². The largest absolute Gasteiger partial charge is 0.573 e. The molecule has 0 saturated carbocycles. The van der Waals surface area contributed by atoms with Gasteiger partial charge in [-0.2, -0.15) is 0 Å². The fourth-order valence-electron chi connectivity index (χ4n) is 3.19. The molecule has 1 amide bonds. The van der Waals surface area contributed by atoms with Crippen LogP contribution in [0.1, 0.15) is 18.4 Å². The van der Waals surface area contributed by atoms with Gasteiger partial charge in [-0.15, -0.1) is 13.2 Å². The first-order chi connectivity index (χ1) is 13.3. The summed E-state index contributed by atoms with van der Waals surface area (Å²) in [7, 11) is 0. The molecule has 1 N–H and O–H groups in total. The van der Waals surface area contributed by atoms with Crippen LogP contribution in [0.3, 0.4) is 0 Å². The molecule has 0 aromatic heterocycles. The molecule has 0 atom stereocenters. The molecule has 0 spiro atoms. The van der Waals surface area contributed by atoms with Gasteiger partial charge in [0.05, 0.1) is 0 Å². The highest BCUT2D eigenvalue weighted by atomic mass is 19.4. The van der Waals surface area contributed by atoms with E-state index in [2.05, 4.69) is 15.0 Å². The van der Waals surface area contributed by atoms with E-state index in [0.29, 0.717) is 25.1 Å². The zero-order valence-electron chi connectivity index (χ0n) is 15.0. The maximum Gasteiger partial charge on any atom is 0.573 e. The van der Waals surface area contributed by atoms with Gasteiger partial charge in [0, 0.05) is 18.2 Å². The third kappa shape index (κ3) is 5.95. The second kappa shape index (κ2) is 8.60. The molecule has 1 saturated heterocycles. The summed E-state index contributed by atoms with van der Waals surface area (Å²) < 4.78 is 53.3. The van der Waals surface area contributed by atoms with Crippen LogP contribution in [0.2, 0.25) is 0 Å². The molecule has 1 aliphatic rings. The number of rotatable bonds is 5. The Bertz CT molecular complexity index is 783. The van der Waals surface area contributed by atoms with Crippen molar-refractivity contribution in [1.29, 1.82) is 0 Å². The van der Waals surface area contributed by atoms with Gasteiger partial charge in [0.25, 0.3) is 0 Å². The highest BCUT2D eigenvalue weighted by Gasteiger charge is 2.31. The Kier molecular flexibility index (Phi) is 6.18. The predicted octanol–water partition coefficient (Wildman–Crippen LogP) is 4.58. The lowest BCUT2D eigenvalue weighted by molar-refractivity contribution is -0.274. The molecule has 1 fully saturated rings. The molecule has 1 heterocycles. The summed E-state index contributed by atoms with van der Waals surface area (Å²) in [6.07, 6.45) is -3.38. The standard InChI is InChI=1S/C20H20F4N2O2/c21-16-3-1-14(2-4-16)13-26-11-9-15(10-12-26)19(27)25-17-5-7-18(8-6-17)28-20(22,23)24/h1-8,15H,9-13H2,(H,25,27). The fourth-order valence-corrected chi connectivity index (χ4v) is 3.19. The molecule has 0 radical (unpaired) electrons. The minimum absolute atomic E-state index is 0.147. The number of amides is 1. The number of hydrogen-bond acceptors (Lipinski definition) is 3. The number of nitrogens with zero attached hydrogens (tertiary/aromatic N) is 1. The van der Waals surface area contributed by atoms with Crippen LogP contribution in [0.4, 0.5) is 23.2 Å². The van der Waals surface area contributed by atoms with Crippen LogP contribution in [0, 0.1) is 11.7 Å². The van der Waals surface area contributed by atoms with Crippen molar-refractivity contribution < 1.29 is 27.1 Å². The summed E-state index contributed by atoms with van der Waals surface area (Å²) in [5, 5.41) is 2.74. The first kappa shape index (κ1) is 20.1. The average molecular weight is 396 g/mol. The Morgan fingerprint density at radius 1 is 1.04 bits per heavy atom. The van der Waals surface area contributed by atoms with Crippen molar-refractivity contribution in [1.82, 2.24) is 4.90 Å². The van der Waals surface area contributed by atoms with Crippen molar-refractivity contribution in [2.75, 3.05) is 18.4 Å². The molecule has 3 rings (SSSR count). The smallest absolute Gasteiger partial charge is 0.406 e. The molecule has 4 nitrogen and oxygen atoms in total. The average Bonchev–Trinajstić information content (AvgIpc) is 2.65. The van der Waals surface area contributed by atoms with Crippen molar-refractivity contribution in [2.45, 2.75) is 25.7 Å². The van der Waals surface area contributed by atoms with Gasteiger partial charge in [0.1, 0.15) is 11.6 Å². The minimum atomic E-state index is -4.74. The lowest BCUT2D eigenvalue weighted by Gasteiger charge is -2.31. The normalized spacial score (nSPS) is 16.0. The minimum Gasteiger partial charge on any atom is -0.406 e. The molecule has 0 unspecified atom stereocenters. The number of piperidine rings is 1. The number of carbonyl (C=O) groups excluding carboxylic acids is 1. The van der Waals surface area contributed by atoms with Crippen LogP contribution >= 0.6 is 0 Å². The Labute approximate surface area is 160 Å². The highest BCUT2D eigenvalue weighted by Crippen LogP contribution is 2.25. The zero-order chi connectivity index (χ0) is 20.1. The van der Waals surface area contributed by atoms with Crippen LogP contribution in [0.5, 0.6) is 5.75 Å². The van der Waals surface area contributed by atoms with Crippen molar-refractivity contribution in [3.8, 4) is 5.75 Å². The van der Waals surface area contributed by atoms with Crippen molar-refractivity contribution >= 4 is 11.6 Å². The van der Waals surface area contributed by atoms with Crippen LogP contribution < -0.4 is 10.1 Å². The highest BCUT2D eigenvalue weighted by molar-refractivity contribution is 5.92. The summed E-state index contributed by atoms with van der Waals surface area (Å²) in [6.45, 7) is 2.19.